The zero-order valence-corrected chi connectivity index (χ0v) is 17.9. The van der Waals surface area contributed by atoms with Gasteiger partial charge in [-0.05, 0) is 52.9 Å². The van der Waals surface area contributed by atoms with Crippen molar-refractivity contribution in [2.75, 3.05) is 5.32 Å². The van der Waals surface area contributed by atoms with E-state index in [4.69, 9.17) is 16.6 Å². The first kappa shape index (κ1) is 20.1. The number of rotatable bonds is 5. The van der Waals surface area contributed by atoms with Gasteiger partial charge >= 0.3 is 0 Å². The van der Waals surface area contributed by atoms with Crippen LogP contribution in [0.2, 0.25) is 5.02 Å². The number of hydrogen-bond donors (Lipinski definition) is 3. The number of aromatic nitrogens is 2. The summed E-state index contributed by atoms with van der Waals surface area (Å²) >= 11 is 5.94. The Kier molecular flexibility index (Phi) is 5.25. The lowest BCUT2D eigenvalue weighted by Gasteiger charge is -2.14. The Morgan fingerprint density at radius 3 is 2.53 bits per heavy atom. The number of hydrogen-bond acceptors (Lipinski definition) is 3. The lowest BCUT2D eigenvalue weighted by molar-refractivity contribution is -0.115. The molecule has 1 aliphatic heterocycles. The molecule has 1 amide bonds. The van der Waals surface area contributed by atoms with Gasteiger partial charge in [0, 0.05) is 16.8 Å². The van der Waals surface area contributed by atoms with E-state index < -0.39 is 0 Å². The van der Waals surface area contributed by atoms with Gasteiger partial charge < -0.3 is 15.4 Å². The molecular weight excluding hydrogens is 422 g/mol. The first-order chi connectivity index (χ1) is 15.5. The van der Waals surface area contributed by atoms with Gasteiger partial charge in [-0.2, -0.15) is 0 Å². The largest absolute Gasteiger partial charge is 0.508 e. The molecule has 3 N–H and O–H groups in total. The number of nitrogens with one attached hydrogen (secondary N) is 2. The summed E-state index contributed by atoms with van der Waals surface area (Å²) in [4.78, 5) is 21.0. The number of halogens is 1. The molecular formula is C26H20ClN3O2. The van der Waals surface area contributed by atoms with Crippen molar-refractivity contribution >= 4 is 34.1 Å². The number of H-pyrrole nitrogens is 1. The van der Waals surface area contributed by atoms with Gasteiger partial charge in [-0.3, -0.25) is 4.79 Å². The number of phenols is 1. The second kappa shape index (κ2) is 8.36. The maximum absolute atomic E-state index is 12.8. The minimum Gasteiger partial charge on any atom is -0.508 e. The molecule has 0 spiro atoms. The van der Waals surface area contributed by atoms with E-state index in [-0.39, 0.29) is 18.1 Å². The topological polar surface area (TPSA) is 78.0 Å². The number of carbonyl (C=O) groups excluding carboxylic acids is 1. The van der Waals surface area contributed by atoms with Gasteiger partial charge in [-0.15, -0.1) is 0 Å². The normalized spacial score (nSPS) is 11.2. The predicted molar refractivity (Wildman–Crippen MR) is 127 cm³/mol. The maximum Gasteiger partial charge on any atom is 0.229 e. The number of benzene rings is 3. The van der Waals surface area contributed by atoms with Crippen molar-refractivity contribution in [1.29, 1.82) is 0 Å². The first-order valence-corrected chi connectivity index (χ1v) is 10.7. The molecule has 0 bridgehead atoms. The van der Waals surface area contributed by atoms with Crippen LogP contribution in [-0.2, 0) is 17.6 Å². The van der Waals surface area contributed by atoms with Crippen LogP contribution in [-0.4, -0.2) is 21.0 Å². The summed E-state index contributed by atoms with van der Waals surface area (Å²) in [5.74, 6) is 0.546. The molecule has 158 valence electrons. The number of amides is 1. The van der Waals surface area contributed by atoms with Crippen molar-refractivity contribution in [3.63, 3.8) is 0 Å². The molecule has 3 aromatic rings. The van der Waals surface area contributed by atoms with Gasteiger partial charge in [0.05, 0.1) is 23.5 Å². The highest BCUT2D eigenvalue weighted by atomic mass is 35.5. The van der Waals surface area contributed by atoms with Crippen LogP contribution in [0.1, 0.15) is 16.8 Å². The second-order valence-electron chi connectivity index (χ2n) is 7.75. The third kappa shape index (κ3) is 4.15. The van der Waals surface area contributed by atoms with Gasteiger partial charge in [0.25, 0.3) is 0 Å². The van der Waals surface area contributed by atoms with Crippen molar-refractivity contribution in [3.05, 3.63) is 101 Å². The quantitative estimate of drug-likeness (QED) is 0.322. The Labute approximate surface area is 190 Å². The lowest BCUT2D eigenvalue weighted by Crippen LogP contribution is -2.18. The van der Waals surface area contributed by atoms with E-state index in [1.165, 1.54) is 0 Å². The number of fused-ring (bicyclic) bond motifs is 3. The molecule has 0 fully saturated rings. The fraction of sp³-hybridized carbons (Fsp3) is 0.0769. The SMILES string of the molecule is O=C(Cc1ccc(Cl)cc1)Nc1nc2cc3cc(O)ccc3c-2[nH]c1Cc1ccccc1. The summed E-state index contributed by atoms with van der Waals surface area (Å²) in [7, 11) is 0. The number of aromatic amines is 1. The maximum atomic E-state index is 12.8. The van der Waals surface area contributed by atoms with Gasteiger partial charge in [0.15, 0.2) is 5.82 Å². The van der Waals surface area contributed by atoms with Crippen LogP contribution < -0.4 is 5.32 Å². The fourth-order valence-corrected chi connectivity index (χ4v) is 3.99. The number of anilines is 1. The molecule has 6 heteroatoms. The molecule has 32 heavy (non-hydrogen) atoms. The monoisotopic (exact) mass is 441 g/mol. The van der Waals surface area contributed by atoms with Crippen molar-refractivity contribution < 1.29 is 9.90 Å². The summed E-state index contributed by atoms with van der Waals surface area (Å²) in [6, 6.07) is 24.4. The molecule has 0 unspecified atom stereocenters. The van der Waals surface area contributed by atoms with Crippen LogP contribution in [0.5, 0.6) is 5.75 Å². The van der Waals surface area contributed by atoms with E-state index in [0.717, 1.165) is 39.0 Å². The van der Waals surface area contributed by atoms with Crippen molar-refractivity contribution in [1.82, 2.24) is 9.97 Å². The van der Waals surface area contributed by atoms with Crippen molar-refractivity contribution in [2.45, 2.75) is 12.8 Å². The van der Waals surface area contributed by atoms with E-state index in [1.54, 1.807) is 24.3 Å². The average molecular weight is 442 g/mol. The second-order valence-corrected chi connectivity index (χ2v) is 8.19. The summed E-state index contributed by atoms with van der Waals surface area (Å²) in [5.41, 5.74) is 4.39. The highest BCUT2D eigenvalue weighted by Gasteiger charge is 2.18. The molecule has 0 radical (unpaired) electrons. The molecule has 1 heterocycles. The van der Waals surface area contributed by atoms with Crippen molar-refractivity contribution in [2.24, 2.45) is 0 Å². The zero-order chi connectivity index (χ0) is 22.1. The van der Waals surface area contributed by atoms with Crippen molar-refractivity contribution in [3.8, 4) is 17.1 Å². The van der Waals surface area contributed by atoms with Crippen LogP contribution in [0.25, 0.3) is 22.2 Å². The number of aromatic hydroxyl groups is 1. The smallest absolute Gasteiger partial charge is 0.229 e. The number of phenolic OH excluding ortho intramolecular Hbond substituents is 1. The molecule has 5 nitrogen and oxygen atoms in total. The molecule has 3 aromatic carbocycles. The minimum absolute atomic E-state index is 0.157. The Morgan fingerprint density at radius 1 is 0.969 bits per heavy atom. The Hall–Kier alpha value is -3.83. The van der Waals surface area contributed by atoms with E-state index in [0.29, 0.717) is 17.3 Å². The van der Waals surface area contributed by atoms with E-state index in [1.807, 2.05) is 54.6 Å². The summed E-state index contributed by atoms with van der Waals surface area (Å²) < 4.78 is 0. The molecule has 2 aliphatic rings. The van der Waals surface area contributed by atoms with Gasteiger partial charge in [-0.1, -0.05) is 54.1 Å². The highest BCUT2D eigenvalue weighted by Crippen LogP contribution is 2.35. The summed E-state index contributed by atoms with van der Waals surface area (Å²) in [6.45, 7) is 0. The molecule has 1 aliphatic carbocycles. The fourth-order valence-electron chi connectivity index (χ4n) is 3.87. The van der Waals surface area contributed by atoms with Crippen LogP contribution in [0, 0.1) is 0 Å². The predicted octanol–water partition coefficient (Wildman–Crippen LogP) is 5.80. The van der Waals surface area contributed by atoms with Crippen LogP contribution in [0.4, 0.5) is 5.82 Å². The summed E-state index contributed by atoms with van der Waals surface area (Å²) in [5, 5.41) is 15.3. The molecule has 0 aromatic heterocycles. The third-order valence-electron chi connectivity index (χ3n) is 5.41. The Bertz CT molecular complexity index is 1380. The molecule has 0 atom stereocenters. The summed E-state index contributed by atoms with van der Waals surface area (Å²) in [6.07, 6.45) is 0.809. The Morgan fingerprint density at radius 2 is 1.75 bits per heavy atom. The van der Waals surface area contributed by atoms with Gasteiger partial charge in [0.1, 0.15) is 5.75 Å². The van der Waals surface area contributed by atoms with Gasteiger partial charge in [0.2, 0.25) is 5.91 Å². The lowest BCUT2D eigenvalue weighted by atomic mass is 10.1. The number of nitrogens with zero attached hydrogens (tertiary/aromatic N) is 1. The highest BCUT2D eigenvalue weighted by molar-refractivity contribution is 6.30. The van der Waals surface area contributed by atoms with Crippen LogP contribution >= 0.6 is 11.6 Å². The Balaban J connectivity index is 1.53. The van der Waals surface area contributed by atoms with E-state index in [2.05, 4.69) is 10.3 Å². The van der Waals surface area contributed by atoms with Crippen LogP contribution in [0.15, 0.2) is 78.9 Å². The molecule has 5 rings (SSSR count). The van der Waals surface area contributed by atoms with E-state index in [9.17, 15) is 9.90 Å². The average Bonchev–Trinajstić information content (AvgIpc) is 3.12. The third-order valence-corrected chi connectivity index (χ3v) is 5.66. The molecule has 0 saturated carbocycles. The first-order valence-electron chi connectivity index (χ1n) is 10.3. The zero-order valence-electron chi connectivity index (χ0n) is 17.1. The molecule has 0 saturated heterocycles. The number of carbonyl (C=O) groups is 1. The van der Waals surface area contributed by atoms with Crippen LogP contribution in [0.3, 0.4) is 0 Å². The van der Waals surface area contributed by atoms with E-state index >= 15 is 0 Å². The standard InChI is InChI=1S/C26H20ClN3O2/c27-19-8-6-17(7-9-19)13-24(32)30-26-23(12-16-4-2-1-3-5-16)28-25-21-11-10-20(31)14-18(21)15-22(25)29-26/h1-11,14-15,28,31H,12-13H2,(H,30,32). The minimum atomic E-state index is -0.157. The van der Waals surface area contributed by atoms with Gasteiger partial charge in [-0.25, -0.2) is 4.98 Å².